The largest absolute Gasteiger partial charge is 0.383 e. The van der Waals surface area contributed by atoms with E-state index in [2.05, 4.69) is 0 Å². The van der Waals surface area contributed by atoms with Gasteiger partial charge in [0.25, 0.3) is 0 Å². The lowest BCUT2D eigenvalue weighted by atomic mass is 10.1. The van der Waals surface area contributed by atoms with Crippen molar-refractivity contribution in [2.24, 2.45) is 5.73 Å². The van der Waals surface area contributed by atoms with Gasteiger partial charge in [0.1, 0.15) is 6.04 Å². The molecule has 2 aliphatic heterocycles. The minimum atomic E-state index is -0.594. The van der Waals surface area contributed by atoms with Crippen LogP contribution in [0.4, 0.5) is 0 Å². The fraction of sp³-hybridized carbons (Fsp3) is 0.818. The van der Waals surface area contributed by atoms with Crippen LogP contribution in [0.1, 0.15) is 12.8 Å². The maximum absolute atomic E-state index is 12.0. The van der Waals surface area contributed by atoms with E-state index in [9.17, 15) is 9.59 Å². The molecule has 0 aromatic heterocycles. The molecular weight excluding hydrogens is 222 g/mol. The van der Waals surface area contributed by atoms with Crippen LogP contribution < -0.4 is 5.73 Å². The van der Waals surface area contributed by atoms with E-state index < -0.39 is 6.04 Å². The maximum Gasteiger partial charge on any atom is 0.242 e. The Labute approximate surface area is 101 Å². The summed E-state index contributed by atoms with van der Waals surface area (Å²) in [5.74, 6) is 0.133. The summed E-state index contributed by atoms with van der Waals surface area (Å²) >= 11 is 0. The van der Waals surface area contributed by atoms with Gasteiger partial charge in [0.15, 0.2) is 0 Å². The third kappa shape index (κ3) is 2.42. The van der Waals surface area contributed by atoms with Crippen molar-refractivity contribution in [3.8, 4) is 0 Å². The van der Waals surface area contributed by atoms with Crippen LogP contribution in [-0.2, 0) is 14.3 Å². The van der Waals surface area contributed by atoms with Gasteiger partial charge < -0.3 is 20.3 Å². The number of nitrogens with zero attached hydrogens (tertiary/aromatic N) is 2. The Balaban J connectivity index is 1.92. The molecule has 96 valence electrons. The molecule has 0 radical (unpaired) electrons. The highest BCUT2D eigenvalue weighted by atomic mass is 16.5. The summed E-state index contributed by atoms with van der Waals surface area (Å²) in [5.41, 5.74) is 5.73. The Kier molecular flexibility index (Phi) is 3.63. The smallest absolute Gasteiger partial charge is 0.242 e. The molecule has 6 nitrogen and oxygen atoms in total. The normalized spacial score (nSPS) is 26.0. The predicted octanol–water partition coefficient (Wildman–Crippen LogP) is -1.21. The Hall–Kier alpha value is -1.14. The van der Waals surface area contributed by atoms with Gasteiger partial charge in [-0.2, -0.15) is 0 Å². The van der Waals surface area contributed by atoms with Crippen LogP contribution >= 0.6 is 0 Å². The van der Waals surface area contributed by atoms with Crippen LogP contribution in [0.2, 0.25) is 0 Å². The van der Waals surface area contributed by atoms with Gasteiger partial charge in [-0.05, 0) is 6.42 Å². The lowest BCUT2D eigenvalue weighted by Crippen LogP contribution is -2.57. The van der Waals surface area contributed by atoms with Crippen molar-refractivity contribution in [1.82, 2.24) is 9.80 Å². The van der Waals surface area contributed by atoms with E-state index in [1.54, 1.807) is 4.90 Å². The van der Waals surface area contributed by atoms with Crippen LogP contribution in [0.5, 0.6) is 0 Å². The van der Waals surface area contributed by atoms with Gasteiger partial charge in [0.2, 0.25) is 11.8 Å². The second kappa shape index (κ2) is 5.01. The fourth-order valence-electron chi connectivity index (χ4n) is 2.55. The molecule has 17 heavy (non-hydrogen) atoms. The molecule has 2 rings (SSSR count). The van der Waals surface area contributed by atoms with E-state index in [1.807, 2.05) is 4.90 Å². The lowest BCUT2D eigenvalue weighted by Gasteiger charge is -2.38. The van der Waals surface area contributed by atoms with Gasteiger partial charge in [-0.3, -0.25) is 9.59 Å². The summed E-state index contributed by atoms with van der Waals surface area (Å²) in [6, 6.07) is -0.404. The van der Waals surface area contributed by atoms with Crippen LogP contribution in [-0.4, -0.2) is 67.0 Å². The Morgan fingerprint density at radius 3 is 3.06 bits per heavy atom. The fourth-order valence-corrected chi connectivity index (χ4v) is 2.55. The molecule has 2 heterocycles. The van der Waals surface area contributed by atoms with E-state index in [0.29, 0.717) is 26.1 Å². The third-order valence-corrected chi connectivity index (χ3v) is 3.47. The van der Waals surface area contributed by atoms with Crippen LogP contribution in [0.15, 0.2) is 0 Å². The zero-order valence-corrected chi connectivity index (χ0v) is 10.1. The number of carbonyl (C=O) groups is 2. The zero-order chi connectivity index (χ0) is 12.4. The van der Waals surface area contributed by atoms with E-state index in [0.717, 1.165) is 6.42 Å². The summed E-state index contributed by atoms with van der Waals surface area (Å²) in [5, 5.41) is 0. The molecule has 2 fully saturated rings. The first-order chi connectivity index (χ1) is 8.13. The van der Waals surface area contributed by atoms with Gasteiger partial charge in [0.05, 0.1) is 6.61 Å². The van der Waals surface area contributed by atoms with E-state index >= 15 is 0 Å². The monoisotopic (exact) mass is 241 g/mol. The third-order valence-electron chi connectivity index (χ3n) is 3.47. The molecule has 2 saturated heterocycles. The minimum absolute atomic E-state index is 0.0779. The number of methoxy groups -OCH3 is 1. The molecule has 0 aromatic rings. The number of amides is 2. The molecule has 2 unspecified atom stereocenters. The van der Waals surface area contributed by atoms with E-state index in [1.165, 1.54) is 7.11 Å². The highest BCUT2D eigenvalue weighted by Gasteiger charge is 2.37. The average molecular weight is 241 g/mol. The maximum atomic E-state index is 12.0. The molecule has 0 aliphatic carbocycles. The number of hydrogen-bond donors (Lipinski definition) is 1. The quantitative estimate of drug-likeness (QED) is 0.673. The number of carbonyl (C=O) groups excluding carboxylic acids is 2. The SMILES string of the molecule is COCC(N)C(=O)N1CCN2C(=O)CCC2C1. The topological polar surface area (TPSA) is 75.9 Å². The number of fused-ring (bicyclic) bond motifs is 1. The number of nitrogens with two attached hydrogens (primary N) is 1. The first-order valence-corrected chi connectivity index (χ1v) is 5.96. The summed E-state index contributed by atoms with van der Waals surface area (Å²) in [4.78, 5) is 27.1. The van der Waals surface area contributed by atoms with Crippen molar-refractivity contribution in [2.45, 2.75) is 24.9 Å². The molecule has 0 spiro atoms. The molecule has 0 bridgehead atoms. The molecule has 2 atom stereocenters. The first kappa shape index (κ1) is 12.3. The molecule has 2 aliphatic rings. The number of hydrogen-bond acceptors (Lipinski definition) is 4. The summed E-state index contributed by atoms with van der Waals surface area (Å²) in [6.45, 7) is 2.07. The van der Waals surface area contributed by atoms with Crippen LogP contribution in [0, 0.1) is 0 Å². The second-order valence-corrected chi connectivity index (χ2v) is 4.63. The predicted molar refractivity (Wildman–Crippen MR) is 61.2 cm³/mol. The van der Waals surface area contributed by atoms with Gasteiger partial charge in [-0.15, -0.1) is 0 Å². The van der Waals surface area contributed by atoms with Crippen molar-refractivity contribution in [3.05, 3.63) is 0 Å². The average Bonchev–Trinajstić information content (AvgIpc) is 2.70. The van der Waals surface area contributed by atoms with Crippen molar-refractivity contribution in [3.63, 3.8) is 0 Å². The van der Waals surface area contributed by atoms with E-state index in [-0.39, 0.29) is 24.5 Å². The highest BCUT2D eigenvalue weighted by molar-refractivity contribution is 5.83. The second-order valence-electron chi connectivity index (χ2n) is 4.63. The molecule has 0 saturated carbocycles. The van der Waals surface area contributed by atoms with Crippen LogP contribution in [0.3, 0.4) is 0 Å². The molecule has 0 aromatic carbocycles. The Morgan fingerprint density at radius 1 is 1.59 bits per heavy atom. The molecule has 2 amide bonds. The van der Waals surface area contributed by atoms with Crippen molar-refractivity contribution in [1.29, 1.82) is 0 Å². The highest BCUT2D eigenvalue weighted by Crippen LogP contribution is 2.22. The summed E-state index contributed by atoms with van der Waals surface area (Å²) in [6.07, 6.45) is 1.46. The number of rotatable bonds is 3. The van der Waals surface area contributed by atoms with Crippen molar-refractivity contribution in [2.75, 3.05) is 33.4 Å². The van der Waals surface area contributed by atoms with Crippen LogP contribution in [0.25, 0.3) is 0 Å². The lowest BCUT2D eigenvalue weighted by molar-refractivity contribution is -0.140. The van der Waals surface area contributed by atoms with Crippen molar-refractivity contribution >= 4 is 11.8 Å². The molecule has 2 N–H and O–H groups in total. The Bertz CT molecular complexity index is 321. The van der Waals surface area contributed by atoms with Gasteiger partial charge in [0, 0.05) is 39.2 Å². The standard InChI is InChI=1S/C11H19N3O3/c1-17-7-9(12)11(16)13-4-5-14-8(6-13)2-3-10(14)15/h8-9H,2-7,12H2,1H3. The molecule has 6 heteroatoms. The first-order valence-electron chi connectivity index (χ1n) is 5.96. The number of ether oxygens (including phenoxy) is 1. The van der Waals surface area contributed by atoms with E-state index in [4.69, 9.17) is 10.5 Å². The van der Waals surface area contributed by atoms with Gasteiger partial charge in [-0.1, -0.05) is 0 Å². The zero-order valence-electron chi connectivity index (χ0n) is 10.1. The minimum Gasteiger partial charge on any atom is -0.383 e. The molecular formula is C11H19N3O3. The van der Waals surface area contributed by atoms with Gasteiger partial charge >= 0.3 is 0 Å². The van der Waals surface area contributed by atoms with Gasteiger partial charge in [-0.25, -0.2) is 0 Å². The summed E-state index contributed by atoms with van der Waals surface area (Å²) in [7, 11) is 1.53. The Morgan fingerprint density at radius 2 is 2.35 bits per heavy atom. The summed E-state index contributed by atoms with van der Waals surface area (Å²) < 4.78 is 4.88. The number of piperazine rings is 1. The van der Waals surface area contributed by atoms with Crippen molar-refractivity contribution < 1.29 is 14.3 Å².